The standard InChI is InChI=1S/C23H25N3O2/c1-16-15-21(20-5-3-4-6-22(20)24-16)23(27)25-17(2)18-7-9-19(10-8-18)26-11-13-28-14-12-26/h3-10,15,17H,11-14H2,1-2H3,(H,25,27). The van der Waals surface area contributed by atoms with Crippen LogP contribution in [0.3, 0.4) is 0 Å². The molecule has 1 aromatic heterocycles. The van der Waals surface area contributed by atoms with Crippen LogP contribution in [0.5, 0.6) is 0 Å². The molecule has 0 aliphatic carbocycles. The Morgan fingerprint density at radius 2 is 1.82 bits per heavy atom. The first kappa shape index (κ1) is 18.4. The molecule has 4 rings (SSSR count). The van der Waals surface area contributed by atoms with Gasteiger partial charge in [-0.3, -0.25) is 9.78 Å². The third kappa shape index (κ3) is 3.85. The second kappa shape index (κ2) is 7.98. The Hall–Kier alpha value is -2.92. The van der Waals surface area contributed by atoms with Crippen LogP contribution in [0.1, 0.15) is 34.6 Å². The molecular weight excluding hydrogens is 350 g/mol. The van der Waals surface area contributed by atoms with Crippen LogP contribution in [0.15, 0.2) is 54.6 Å². The van der Waals surface area contributed by atoms with Crippen LogP contribution in [-0.2, 0) is 4.74 Å². The Bertz CT molecular complexity index is 979. The number of pyridine rings is 1. The number of benzene rings is 2. The van der Waals surface area contributed by atoms with Crippen LogP contribution < -0.4 is 10.2 Å². The molecule has 0 radical (unpaired) electrons. The zero-order chi connectivity index (χ0) is 19.5. The number of carbonyl (C=O) groups excluding carboxylic acids is 1. The Morgan fingerprint density at radius 1 is 1.11 bits per heavy atom. The molecule has 0 spiro atoms. The van der Waals surface area contributed by atoms with Crippen molar-refractivity contribution < 1.29 is 9.53 Å². The lowest BCUT2D eigenvalue weighted by Crippen LogP contribution is -2.36. The predicted octanol–water partition coefficient (Wildman–Crippen LogP) is 3.87. The summed E-state index contributed by atoms with van der Waals surface area (Å²) < 4.78 is 5.41. The highest BCUT2D eigenvalue weighted by atomic mass is 16.5. The topological polar surface area (TPSA) is 54.5 Å². The summed E-state index contributed by atoms with van der Waals surface area (Å²) in [5.41, 5.74) is 4.63. The number of carbonyl (C=O) groups is 1. The maximum Gasteiger partial charge on any atom is 0.252 e. The summed E-state index contributed by atoms with van der Waals surface area (Å²) in [6.45, 7) is 7.30. The maximum absolute atomic E-state index is 12.9. The average Bonchev–Trinajstić information content (AvgIpc) is 2.73. The van der Waals surface area contributed by atoms with Crippen molar-refractivity contribution in [3.8, 4) is 0 Å². The summed E-state index contributed by atoms with van der Waals surface area (Å²) in [5.74, 6) is -0.0774. The van der Waals surface area contributed by atoms with Crippen molar-refractivity contribution in [2.45, 2.75) is 19.9 Å². The number of nitrogens with zero attached hydrogens (tertiary/aromatic N) is 2. The SMILES string of the molecule is Cc1cc(C(=O)NC(C)c2ccc(N3CCOCC3)cc2)c2ccccc2n1. The number of hydrogen-bond acceptors (Lipinski definition) is 4. The lowest BCUT2D eigenvalue weighted by atomic mass is 10.0. The van der Waals surface area contributed by atoms with E-state index in [0.717, 1.165) is 48.5 Å². The molecule has 1 N–H and O–H groups in total. The van der Waals surface area contributed by atoms with Gasteiger partial charge in [-0.25, -0.2) is 0 Å². The first-order chi connectivity index (χ1) is 13.6. The van der Waals surface area contributed by atoms with Crippen molar-refractivity contribution in [1.82, 2.24) is 10.3 Å². The van der Waals surface area contributed by atoms with Crippen molar-refractivity contribution in [2.75, 3.05) is 31.2 Å². The highest BCUT2D eigenvalue weighted by Crippen LogP contribution is 2.22. The lowest BCUT2D eigenvalue weighted by Gasteiger charge is -2.29. The molecule has 1 unspecified atom stereocenters. The van der Waals surface area contributed by atoms with Crippen LogP contribution in [0.4, 0.5) is 5.69 Å². The number of aryl methyl sites for hydroxylation is 1. The maximum atomic E-state index is 12.9. The third-order valence-corrected chi connectivity index (χ3v) is 5.21. The quantitative estimate of drug-likeness (QED) is 0.752. The van der Waals surface area contributed by atoms with Gasteiger partial charge >= 0.3 is 0 Å². The number of rotatable bonds is 4. The molecule has 0 bridgehead atoms. The zero-order valence-electron chi connectivity index (χ0n) is 16.3. The monoisotopic (exact) mass is 375 g/mol. The van der Waals surface area contributed by atoms with E-state index < -0.39 is 0 Å². The number of fused-ring (bicyclic) bond motifs is 1. The van der Waals surface area contributed by atoms with Gasteiger partial charge in [0.2, 0.25) is 0 Å². The molecule has 0 saturated carbocycles. The minimum atomic E-state index is -0.0847. The summed E-state index contributed by atoms with van der Waals surface area (Å²) in [7, 11) is 0. The number of anilines is 1. The van der Waals surface area contributed by atoms with E-state index in [1.807, 2.05) is 44.2 Å². The summed E-state index contributed by atoms with van der Waals surface area (Å²) in [4.78, 5) is 19.8. The van der Waals surface area contributed by atoms with Gasteiger partial charge < -0.3 is 15.0 Å². The molecular formula is C23H25N3O2. The fraction of sp³-hybridized carbons (Fsp3) is 0.304. The molecule has 3 aromatic rings. The summed E-state index contributed by atoms with van der Waals surface area (Å²) in [6, 6.07) is 17.9. The molecule has 1 atom stereocenters. The number of amides is 1. The molecule has 1 aliphatic heterocycles. The van der Waals surface area contributed by atoms with E-state index in [-0.39, 0.29) is 11.9 Å². The van der Waals surface area contributed by atoms with Gasteiger partial charge in [0.05, 0.1) is 30.3 Å². The number of para-hydroxylation sites is 1. The Kier molecular flexibility index (Phi) is 5.26. The van der Waals surface area contributed by atoms with Gasteiger partial charge in [0.1, 0.15) is 0 Å². The molecule has 1 fully saturated rings. The van der Waals surface area contributed by atoms with Crippen LogP contribution in [0, 0.1) is 6.92 Å². The molecule has 1 amide bonds. The van der Waals surface area contributed by atoms with Gasteiger partial charge in [0.25, 0.3) is 5.91 Å². The molecule has 144 valence electrons. The number of hydrogen-bond donors (Lipinski definition) is 1. The molecule has 5 nitrogen and oxygen atoms in total. The largest absolute Gasteiger partial charge is 0.378 e. The van der Waals surface area contributed by atoms with E-state index >= 15 is 0 Å². The molecule has 28 heavy (non-hydrogen) atoms. The highest BCUT2D eigenvalue weighted by molar-refractivity contribution is 6.06. The number of ether oxygens (including phenoxy) is 1. The lowest BCUT2D eigenvalue weighted by molar-refractivity contribution is 0.0941. The predicted molar refractivity (Wildman–Crippen MR) is 112 cm³/mol. The van der Waals surface area contributed by atoms with E-state index in [4.69, 9.17) is 4.74 Å². The van der Waals surface area contributed by atoms with Crippen molar-refractivity contribution in [2.24, 2.45) is 0 Å². The van der Waals surface area contributed by atoms with Gasteiger partial charge in [-0.15, -0.1) is 0 Å². The van der Waals surface area contributed by atoms with E-state index in [0.29, 0.717) is 5.56 Å². The van der Waals surface area contributed by atoms with Crippen LogP contribution in [-0.4, -0.2) is 37.2 Å². The summed E-state index contributed by atoms with van der Waals surface area (Å²) >= 11 is 0. The van der Waals surface area contributed by atoms with Gasteiger partial charge in [-0.1, -0.05) is 30.3 Å². The highest BCUT2D eigenvalue weighted by Gasteiger charge is 2.16. The smallest absolute Gasteiger partial charge is 0.252 e. The van der Waals surface area contributed by atoms with Crippen molar-refractivity contribution >= 4 is 22.5 Å². The van der Waals surface area contributed by atoms with Gasteiger partial charge in [0.15, 0.2) is 0 Å². The van der Waals surface area contributed by atoms with E-state index in [2.05, 4.69) is 39.5 Å². The van der Waals surface area contributed by atoms with Gasteiger partial charge in [-0.2, -0.15) is 0 Å². The second-order valence-electron chi connectivity index (χ2n) is 7.21. The Labute approximate surface area is 165 Å². The van der Waals surface area contributed by atoms with Crippen LogP contribution >= 0.6 is 0 Å². The minimum Gasteiger partial charge on any atom is -0.378 e. The second-order valence-corrected chi connectivity index (χ2v) is 7.21. The molecule has 2 heterocycles. The summed E-state index contributed by atoms with van der Waals surface area (Å²) in [5, 5.41) is 4.01. The van der Waals surface area contributed by atoms with E-state index in [9.17, 15) is 4.79 Å². The van der Waals surface area contributed by atoms with Crippen molar-refractivity contribution in [3.05, 3.63) is 71.4 Å². The first-order valence-electron chi connectivity index (χ1n) is 9.72. The van der Waals surface area contributed by atoms with Crippen molar-refractivity contribution in [1.29, 1.82) is 0 Å². The zero-order valence-corrected chi connectivity index (χ0v) is 16.3. The van der Waals surface area contributed by atoms with E-state index in [1.165, 1.54) is 5.69 Å². The first-order valence-corrected chi connectivity index (χ1v) is 9.72. The average molecular weight is 375 g/mol. The molecule has 5 heteroatoms. The fourth-order valence-corrected chi connectivity index (χ4v) is 3.65. The normalized spacial score (nSPS) is 15.4. The summed E-state index contributed by atoms with van der Waals surface area (Å²) in [6.07, 6.45) is 0. The molecule has 1 saturated heterocycles. The molecule has 1 aliphatic rings. The van der Waals surface area contributed by atoms with Gasteiger partial charge in [0, 0.05) is 29.9 Å². The number of nitrogens with one attached hydrogen (secondary N) is 1. The van der Waals surface area contributed by atoms with Crippen molar-refractivity contribution in [3.63, 3.8) is 0 Å². The fourth-order valence-electron chi connectivity index (χ4n) is 3.65. The molecule has 2 aromatic carbocycles. The number of aromatic nitrogens is 1. The third-order valence-electron chi connectivity index (χ3n) is 5.21. The van der Waals surface area contributed by atoms with Crippen LogP contribution in [0.25, 0.3) is 10.9 Å². The number of morpholine rings is 1. The minimum absolute atomic E-state index is 0.0774. The Morgan fingerprint density at radius 3 is 2.57 bits per heavy atom. The van der Waals surface area contributed by atoms with E-state index in [1.54, 1.807) is 0 Å². The van der Waals surface area contributed by atoms with Gasteiger partial charge in [-0.05, 0) is 43.7 Å². The Balaban J connectivity index is 1.50. The van der Waals surface area contributed by atoms with Crippen LogP contribution in [0.2, 0.25) is 0 Å².